The van der Waals surface area contributed by atoms with Gasteiger partial charge >= 0.3 is 0 Å². The van der Waals surface area contributed by atoms with Gasteiger partial charge in [0.05, 0.1) is 11.7 Å². The van der Waals surface area contributed by atoms with E-state index in [4.69, 9.17) is 5.73 Å². The number of aliphatic hydroxyl groups excluding tert-OH is 1. The maximum Gasteiger partial charge on any atom is 0.268 e. The summed E-state index contributed by atoms with van der Waals surface area (Å²) < 4.78 is 1.52. The Balaban J connectivity index is 2.70. The Labute approximate surface area is 106 Å². The molecule has 0 saturated heterocycles. The molecular formula is C12H19N3O3. The number of nitrogens with two attached hydrogens (primary N) is 1. The molecule has 1 aromatic heterocycles. The summed E-state index contributed by atoms with van der Waals surface area (Å²) in [4.78, 5) is 22.8. The number of nitrogens with one attached hydrogen (secondary N) is 1. The van der Waals surface area contributed by atoms with Crippen molar-refractivity contribution in [1.29, 1.82) is 0 Å². The van der Waals surface area contributed by atoms with Gasteiger partial charge in [-0.3, -0.25) is 9.59 Å². The van der Waals surface area contributed by atoms with E-state index in [1.165, 1.54) is 16.8 Å². The fourth-order valence-electron chi connectivity index (χ4n) is 1.45. The SMILES string of the molecule is CC(C)C(O)CNC(=O)c1cc(C(N)=O)cn1C. The molecule has 0 aliphatic heterocycles. The number of nitrogens with zero attached hydrogens (tertiary/aromatic N) is 1. The molecule has 2 amide bonds. The molecule has 0 aliphatic carbocycles. The zero-order valence-electron chi connectivity index (χ0n) is 10.8. The molecule has 1 rings (SSSR count). The smallest absolute Gasteiger partial charge is 0.268 e. The van der Waals surface area contributed by atoms with Crippen LogP contribution < -0.4 is 11.1 Å². The first-order valence-electron chi connectivity index (χ1n) is 5.75. The lowest BCUT2D eigenvalue weighted by Crippen LogP contribution is -2.35. The van der Waals surface area contributed by atoms with E-state index in [9.17, 15) is 14.7 Å². The number of carbonyl (C=O) groups excluding carboxylic acids is 2. The van der Waals surface area contributed by atoms with Crippen molar-refractivity contribution >= 4 is 11.8 Å². The third-order valence-electron chi connectivity index (χ3n) is 2.76. The van der Waals surface area contributed by atoms with Gasteiger partial charge in [-0.15, -0.1) is 0 Å². The van der Waals surface area contributed by atoms with Gasteiger partial charge in [-0.25, -0.2) is 0 Å². The first-order valence-corrected chi connectivity index (χ1v) is 5.75. The van der Waals surface area contributed by atoms with Gasteiger partial charge in [-0.05, 0) is 12.0 Å². The first kappa shape index (κ1) is 14.2. The number of aromatic nitrogens is 1. The molecule has 0 radical (unpaired) electrons. The third kappa shape index (κ3) is 3.33. The number of aliphatic hydroxyl groups is 1. The molecule has 4 N–H and O–H groups in total. The standard InChI is InChI=1S/C12H19N3O3/c1-7(2)10(16)5-14-12(18)9-4-8(11(13)17)6-15(9)3/h4,6-7,10,16H,5H2,1-3H3,(H2,13,17)(H,14,18). The lowest BCUT2D eigenvalue weighted by Gasteiger charge is -2.15. The molecule has 0 aliphatic rings. The summed E-state index contributed by atoms with van der Waals surface area (Å²) in [5.41, 5.74) is 5.75. The molecule has 0 fully saturated rings. The van der Waals surface area contributed by atoms with Gasteiger partial charge in [0.15, 0.2) is 0 Å². The maximum absolute atomic E-state index is 11.8. The Morgan fingerprint density at radius 1 is 1.50 bits per heavy atom. The summed E-state index contributed by atoms with van der Waals surface area (Å²) in [6.45, 7) is 3.91. The molecule has 0 aromatic carbocycles. The van der Waals surface area contributed by atoms with Crippen molar-refractivity contribution in [2.24, 2.45) is 18.7 Å². The Morgan fingerprint density at radius 3 is 2.56 bits per heavy atom. The molecular weight excluding hydrogens is 234 g/mol. The molecule has 1 unspecified atom stereocenters. The summed E-state index contributed by atoms with van der Waals surface area (Å²) in [6.07, 6.45) is 0.903. The second kappa shape index (κ2) is 5.68. The molecule has 6 heteroatoms. The van der Waals surface area contributed by atoms with Crippen molar-refractivity contribution in [2.75, 3.05) is 6.54 Å². The molecule has 1 heterocycles. The number of hydrogen-bond donors (Lipinski definition) is 3. The lowest BCUT2D eigenvalue weighted by atomic mass is 10.1. The van der Waals surface area contributed by atoms with E-state index in [-0.39, 0.29) is 23.9 Å². The van der Waals surface area contributed by atoms with Gasteiger partial charge < -0.3 is 20.7 Å². The first-order chi connectivity index (χ1) is 8.32. The van der Waals surface area contributed by atoms with Gasteiger partial charge in [0.2, 0.25) is 5.91 Å². The molecule has 1 atom stereocenters. The normalized spacial score (nSPS) is 12.5. The van der Waals surface area contributed by atoms with E-state index >= 15 is 0 Å². The Kier molecular flexibility index (Phi) is 4.49. The monoisotopic (exact) mass is 253 g/mol. The quantitative estimate of drug-likeness (QED) is 0.682. The van der Waals surface area contributed by atoms with E-state index in [0.717, 1.165) is 0 Å². The molecule has 0 saturated carbocycles. The van der Waals surface area contributed by atoms with Gasteiger partial charge in [-0.2, -0.15) is 0 Å². The van der Waals surface area contributed by atoms with Crippen LogP contribution in [0.2, 0.25) is 0 Å². The van der Waals surface area contributed by atoms with Crippen molar-refractivity contribution in [3.8, 4) is 0 Å². The van der Waals surface area contributed by atoms with Crippen LogP contribution in [0.1, 0.15) is 34.7 Å². The highest BCUT2D eigenvalue weighted by Crippen LogP contribution is 2.07. The van der Waals surface area contributed by atoms with Crippen LogP contribution in [-0.4, -0.2) is 34.1 Å². The zero-order chi connectivity index (χ0) is 13.9. The lowest BCUT2D eigenvalue weighted by molar-refractivity contribution is 0.0864. The maximum atomic E-state index is 11.8. The van der Waals surface area contributed by atoms with Crippen LogP contribution in [0.5, 0.6) is 0 Å². The summed E-state index contributed by atoms with van der Waals surface area (Å²) in [6, 6.07) is 1.43. The molecule has 18 heavy (non-hydrogen) atoms. The highest BCUT2D eigenvalue weighted by Gasteiger charge is 2.16. The van der Waals surface area contributed by atoms with Gasteiger partial charge in [0.1, 0.15) is 5.69 Å². The number of rotatable bonds is 5. The molecule has 1 aromatic rings. The fraction of sp³-hybridized carbons (Fsp3) is 0.500. The number of carbonyl (C=O) groups is 2. The van der Waals surface area contributed by atoms with Crippen LogP contribution in [0.25, 0.3) is 0 Å². The summed E-state index contributed by atoms with van der Waals surface area (Å²) in [7, 11) is 1.65. The number of aryl methyl sites for hydroxylation is 1. The zero-order valence-corrected chi connectivity index (χ0v) is 10.8. The average Bonchev–Trinajstić information content (AvgIpc) is 2.67. The van der Waals surface area contributed by atoms with Crippen molar-refractivity contribution in [1.82, 2.24) is 9.88 Å². The van der Waals surface area contributed by atoms with Crippen molar-refractivity contribution in [2.45, 2.75) is 20.0 Å². The second-order valence-electron chi connectivity index (χ2n) is 4.61. The van der Waals surface area contributed by atoms with Crippen LogP contribution in [0.4, 0.5) is 0 Å². The van der Waals surface area contributed by atoms with E-state index < -0.39 is 12.0 Å². The van der Waals surface area contributed by atoms with Gasteiger partial charge in [-0.1, -0.05) is 13.8 Å². The Hall–Kier alpha value is -1.82. The number of primary amides is 1. The predicted molar refractivity (Wildman–Crippen MR) is 67.1 cm³/mol. The van der Waals surface area contributed by atoms with Crippen LogP contribution in [0, 0.1) is 5.92 Å². The largest absolute Gasteiger partial charge is 0.391 e. The highest BCUT2D eigenvalue weighted by atomic mass is 16.3. The van der Waals surface area contributed by atoms with Crippen molar-refractivity contribution < 1.29 is 14.7 Å². The van der Waals surface area contributed by atoms with E-state index in [2.05, 4.69) is 5.32 Å². The minimum atomic E-state index is -0.593. The predicted octanol–water partition coefficient (Wildman–Crippen LogP) is -0.129. The molecule has 6 nitrogen and oxygen atoms in total. The summed E-state index contributed by atoms with van der Waals surface area (Å²) >= 11 is 0. The summed E-state index contributed by atoms with van der Waals surface area (Å²) in [5, 5.41) is 12.2. The van der Waals surface area contributed by atoms with Crippen LogP contribution >= 0.6 is 0 Å². The van der Waals surface area contributed by atoms with Gasteiger partial charge in [0.25, 0.3) is 5.91 Å². The topological polar surface area (TPSA) is 97.3 Å². The van der Waals surface area contributed by atoms with Crippen LogP contribution in [0.15, 0.2) is 12.3 Å². The molecule has 100 valence electrons. The highest BCUT2D eigenvalue weighted by molar-refractivity contribution is 5.98. The van der Waals surface area contributed by atoms with Crippen LogP contribution in [-0.2, 0) is 7.05 Å². The Morgan fingerprint density at radius 2 is 2.11 bits per heavy atom. The van der Waals surface area contributed by atoms with Crippen molar-refractivity contribution in [3.05, 3.63) is 23.5 Å². The summed E-state index contributed by atoms with van der Waals surface area (Å²) in [5.74, 6) is -0.851. The third-order valence-corrected chi connectivity index (χ3v) is 2.76. The van der Waals surface area contributed by atoms with Gasteiger partial charge in [0, 0.05) is 19.8 Å². The van der Waals surface area contributed by atoms with Crippen LogP contribution in [0.3, 0.4) is 0 Å². The molecule has 0 spiro atoms. The minimum Gasteiger partial charge on any atom is -0.391 e. The fourth-order valence-corrected chi connectivity index (χ4v) is 1.45. The number of amides is 2. The number of hydrogen-bond acceptors (Lipinski definition) is 3. The van der Waals surface area contributed by atoms with Crippen molar-refractivity contribution in [3.63, 3.8) is 0 Å². The minimum absolute atomic E-state index is 0.0693. The second-order valence-corrected chi connectivity index (χ2v) is 4.61. The van der Waals surface area contributed by atoms with E-state index in [1.54, 1.807) is 7.05 Å². The average molecular weight is 253 g/mol. The Bertz CT molecular complexity index is 451. The molecule has 0 bridgehead atoms. The van der Waals surface area contributed by atoms with E-state index in [0.29, 0.717) is 5.69 Å². The van der Waals surface area contributed by atoms with E-state index in [1.807, 2.05) is 13.8 Å².